The fourth-order valence-electron chi connectivity index (χ4n) is 2.72. The van der Waals surface area contributed by atoms with Crippen molar-refractivity contribution in [1.82, 2.24) is 0 Å². The minimum atomic E-state index is -1.24. The van der Waals surface area contributed by atoms with E-state index in [-0.39, 0.29) is 10.6 Å². The third kappa shape index (κ3) is 3.94. The third-order valence-electron chi connectivity index (χ3n) is 4.23. The van der Waals surface area contributed by atoms with Gasteiger partial charge in [0.15, 0.2) is 0 Å². The summed E-state index contributed by atoms with van der Waals surface area (Å²) in [4.78, 5) is 24.4. The standard InChI is InChI=1S/C21H17F2NO3S/c1-11(2)12-6-8-13(9-7-12)17-10-16(19(28-17)21(26)27)24-20(25)18-14(22)4-3-5-15(18)23/h3-11H,1-2H3,(H,24,25)(H,26,27). The summed E-state index contributed by atoms with van der Waals surface area (Å²) < 4.78 is 27.6. The van der Waals surface area contributed by atoms with Gasteiger partial charge >= 0.3 is 5.97 Å². The van der Waals surface area contributed by atoms with Gasteiger partial charge in [-0.25, -0.2) is 13.6 Å². The third-order valence-corrected chi connectivity index (χ3v) is 5.40. The molecule has 2 aromatic carbocycles. The van der Waals surface area contributed by atoms with Gasteiger partial charge in [-0.15, -0.1) is 11.3 Å². The number of carboxylic acid groups (broad SMARTS) is 1. The Bertz CT molecular complexity index is 1020. The predicted octanol–water partition coefficient (Wildman–Crippen LogP) is 5.77. The number of halogens is 2. The van der Waals surface area contributed by atoms with E-state index < -0.39 is 29.1 Å². The molecule has 3 rings (SSSR count). The van der Waals surface area contributed by atoms with Crippen LogP contribution in [0.1, 0.15) is 45.4 Å². The number of carboxylic acids is 1. The minimum absolute atomic E-state index is 0.00640. The molecule has 4 nitrogen and oxygen atoms in total. The molecule has 1 aromatic heterocycles. The Labute approximate surface area is 164 Å². The van der Waals surface area contributed by atoms with Gasteiger partial charge < -0.3 is 10.4 Å². The van der Waals surface area contributed by atoms with Gasteiger partial charge in [0.1, 0.15) is 22.1 Å². The molecule has 0 aliphatic heterocycles. The molecule has 28 heavy (non-hydrogen) atoms. The maximum atomic E-state index is 13.8. The van der Waals surface area contributed by atoms with Crippen LogP contribution in [0.5, 0.6) is 0 Å². The molecular formula is C21H17F2NO3S. The summed E-state index contributed by atoms with van der Waals surface area (Å²) in [5.74, 6) is -3.96. The van der Waals surface area contributed by atoms with Crippen molar-refractivity contribution in [2.75, 3.05) is 5.32 Å². The molecule has 144 valence electrons. The van der Waals surface area contributed by atoms with Crippen LogP contribution in [0.25, 0.3) is 10.4 Å². The molecule has 0 aliphatic carbocycles. The number of benzene rings is 2. The minimum Gasteiger partial charge on any atom is -0.477 e. The molecule has 3 aromatic rings. The molecule has 0 saturated carbocycles. The summed E-state index contributed by atoms with van der Waals surface area (Å²) in [6, 6.07) is 12.2. The van der Waals surface area contributed by atoms with Gasteiger partial charge in [0, 0.05) is 4.88 Å². The molecule has 0 bridgehead atoms. The molecule has 0 unspecified atom stereocenters. The largest absolute Gasteiger partial charge is 0.477 e. The van der Waals surface area contributed by atoms with Crippen molar-refractivity contribution in [1.29, 1.82) is 0 Å². The lowest BCUT2D eigenvalue weighted by molar-refractivity contribution is 0.0703. The first-order valence-electron chi connectivity index (χ1n) is 8.50. The van der Waals surface area contributed by atoms with Gasteiger partial charge in [0.25, 0.3) is 5.91 Å². The monoisotopic (exact) mass is 401 g/mol. The maximum absolute atomic E-state index is 13.8. The number of aromatic carboxylic acids is 1. The average Bonchev–Trinajstić information content (AvgIpc) is 3.05. The van der Waals surface area contributed by atoms with Crippen molar-refractivity contribution in [2.45, 2.75) is 19.8 Å². The Hall–Kier alpha value is -3.06. The van der Waals surface area contributed by atoms with Crippen molar-refractivity contribution < 1.29 is 23.5 Å². The molecule has 0 fully saturated rings. The van der Waals surface area contributed by atoms with E-state index >= 15 is 0 Å². The van der Waals surface area contributed by atoms with E-state index in [9.17, 15) is 23.5 Å². The summed E-state index contributed by atoms with van der Waals surface area (Å²) in [5, 5.41) is 11.8. The molecule has 0 radical (unpaired) electrons. The first-order chi connectivity index (χ1) is 13.3. The highest BCUT2D eigenvalue weighted by Gasteiger charge is 2.22. The summed E-state index contributed by atoms with van der Waals surface area (Å²) in [5.41, 5.74) is 1.16. The van der Waals surface area contributed by atoms with Gasteiger partial charge in [-0.1, -0.05) is 44.2 Å². The second-order valence-electron chi connectivity index (χ2n) is 6.49. The highest BCUT2D eigenvalue weighted by atomic mass is 32.1. The van der Waals surface area contributed by atoms with E-state index in [1.165, 1.54) is 6.07 Å². The Morgan fingerprint density at radius 3 is 2.18 bits per heavy atom. The number of carbonyl (C=O) groups is 2. The van der Waals surface area contributed by atoms with Crippen LogP contribution in [-0.2, 0) is 0 Å². The van der Waals surface area contributed by atoms with E-state index in [1.54, 1.807) is 0 Å². The van der Waals surface area contributed by atoms with Crippen LogP contribution in [0.4, 0.5) is 14.5 Å². The summed E-state index contributed by atoms with van der Waals surface area (Å²) in [7, 11) is 0. The van der Waals surface area contributed by atoms with Crippen LogP contribution in [-0.4, -0.2) is 17.0 Å². The van der Waals surface area contributed by atoms with Gasteiger partial charge in [-0.3, -0.25) is 4.79 Å². The maximum Gasteiger partial charge on any atom is 0.348 e. The van der Waals surface area contributed by atoms with Crippen molar-refractivity contribution in [3.63, 3.8) is 0 Å². The van der Waals surface area contributed by atoms with E-state index in [0.29, 0.717) is 10.8 Å². The lowest BCUT2D eigenvalue weighted by Crippen LogP contribution is -2.16. The lowest BCUT2D eigenvalue weighted by Gasteiger charge is -2.06. The highest BCUT2D eigenvalue weighted by molar-refractivity contribution is 7.18. The van der Waals surface area contributed by atoms with E-state index in [2.05, 4.69) is 19.2 Å². The number of thiophene rings is 1. The molecule has 7 heteroatoms. The molecular weight excluding hydrogens is 384 g/mol. The number of nitrogens with one attached hydrogen (secondary N) is 1. The van der Waals surface area contributed by atoms with E-state index in [0.717, 1.165) is 40.7 Å². The fraction of sp³-hybridized carbons (Fsp3) is 0.143. The first-order valence-corrected chi connectivity index (χ1v) is 9.32. The van der Waals surface area contributed by atoms with Crippen molar-refractivity contribution >= 4 is 28.9 Å². The molecule has 0 spiro atoms. The zero-order valence-electron chi connectivity index (χ0n) is 15.1. The molecule has 1 amide bonds. The fourth-order valence-corrected chi connectivity index (χ4v) is 3.67. The Kier molecular flexibility index (Phi) is 5.56. The van der Waals surface area contributed by atoms with Crippen LogP contribution < -0.4 is 5.32 Å². The van der Waals surface area contributed by atoms with Gasteiger partial charge in [-0.05, 0) is 35.2 Å². The van der Waals surface area contributed by atoms with Gasteiger partial charge in [-0.2, -0.15) is 0 Å². The Balaban J connectivity index is 1.95. The summed E-state index contributed by atoms with van der Waals surface area (Å²) in [6.45, 7) is 4.14. The van der Waals surface area contributed by atoms with Crippen LogP contribution in [0, 0.1) is 11.6 Å². The summed E-state index contributed by atoms with van der Waals surface area (Å²) >= 11 is 0.979. The molecule has 2 N–H and O–H groups in total. The zero-order chi connectivity index (χ0) is 20.4. The number of hydrogen-bond donors (Lipinski definition) is 2. The van der Waals surface area contributed by atoms with Crippen molar-refractivity contribution in [3.8, 4) is 10.4 Å². The first kappa shape index (κ1) is 19.7. The normalized spacial score (nSPS) is 10.9. The number of rotatable bonds is 5. The van der Waals surface area contributed by atoms with Crippen LogP contribution in [0.3, 0.4) is 0 Å². The number of hydrogen-bond acceptors (Lipinski definition) is 3. The van der Waals surface area contributed by atoms with Crippen molar-refractivity contribution in [2.24, 2.45) is 0 Å². The number of carbonyl (C=O) groups excluding carboxylic acids is 1. The predicted molar refractivity (Wildman–Crippen MR) is 105 cm³/mol. The zero-order valence-corrected chi connectivity index (χ0v) is 15.9. The second-order valence-corrected chi connectivity index (χ2v) is 7.54. The topological polar surface area (TPSA) is 66.4 Å². The lowest BCUT2D eigenvalue weighted by atomic mass is 10.0. The molecule has 0 aliphatic rings. The van der Waals surface area contributed by atoms with E-state index in [1.807, 2.05) is 24.3 Å². The van der Waals surface area contributed by atoms with Gasteiger partial charge in [0.05, 0.1) is 5.69 Å². The molecule has 1 heterocycles. The van der Waals surface area contributed by atoms with Gasteiger partial charge in [0.2, 0.25) is 0 Å². The van der Waals surface area contributed by atoms with E-state index in [4.69, 9.17) is 0 Å². The quantitative estimate of drug-likeness (QED) is 0.571. The number of amides is 1. The molecule has 0 saturated heterocycles. The highest BCUT2D eigenvalue weighted by Crippen LogP contribution is 2.36. The van der Waals surface area contributed by atoms with Crippen LogP contribution >= 0.6 is 11.3 Å². The SMILES string of the molecule is CC(C)c1ccc(-c2cc(NC(=O)c3c(F)cccc3F)c(C(=O)O)s2)cc1. The van der Waals surface area contributed by atoms with Crippen molar-refractivity contribution in [3.05, 3.63) is 76.2 Å². The molecule has 0 atom stereocenters. The smallest absolute Gasteiger partial charge is 0.348 e. The Morgan fingerprint density at radius 2 is 1.64 bits per heavy atom. The van der Waals surface area contributed by atoms with Crippen LogP contribution in [0.15, 0.2) is 48.5 Å². The summed E-state index contributed by atoms with van der Waals surface area (Å²) in [6.07, 6.45) is 0. The second kappa shape index (κ2) is 7.90. The Morgan fingerprint density at radius 1 is 1.04 bits per heavy atom. The van der Waals surface area contributed by atoms with Crippen LogP contribution in [0.2, 0.25) is 0 Å². The number of anilines is 1. The average molecular weight is 401 g/mol.